The molecule has 164 valence electrons. The van der Waals surface area contributed by atoms with Gasteiger partial charge in [0.05, 0.1) is 17.3 Å². The third-order valence-electron chi connectivity index (χ3n) is 6.33. The zero-order valence-corrected chi connectivity index (χ0v) is 18.2. The van der Waals surface area contributed by atoms with Crippen LogP contribution >= 0.6 is 0 Å². The quantitative estimate of drug-likeness (QED) is 0.420. The summed E-state index contributed by atoms with van der Waals surface area (Å²) in [6.07, 6.45) is 0. The van der Waals surface area contributed by atoms with E-state index < -0.39 is 17.9 Å². The Morgan fingerprint density at radius 2 is 1.55 bits per heavy atom. The van der Waals surface area contributed by atoms with Crippen LogP contribution in [0.15, 0.2) is 40.8 Å². The van der Waals surface area contributed by atoms with Gasteiger partial charge in [-0.2, -0.15) is 0 Å². The highest BCUT2D eigenvalue weighted by atomic mass is 16.7. The third kappa shape index (κ3) is 4.05. The van der Waals surface area contributed by atoms with Gasteiger partial charge in [0, 0.05) is 31.9 Å². The lowest BCUT2D eigenvalue weighted by atomic mass is 9.79. The second kappa shape index (κ2) is 7.69. The Balaban J connectivity index is 1.36. The monoisotopic (exact) mass is 427 g/mol. The number of nitro groups is 1. The molecule has 0 spiro atoms. The largest absolute Gasteiger partial charge is 0.494 e. The Morgan fingerprint density at radius 1 is 0.968 bits per heavy atom. The second-order valence-electron chi connectivity index (χ2n) is 8.85. The lowest BCUT2D eigenvalue weighted by Gasteiger charge is -2.35. The predicted molar refractivity (Wildman–Crippen MR) is 116 cm³/mol. The normalized spacial score (nSPS) is 20.2. The van der Waals surface area contributed by atoms with Crippen molar-refractivity contribution >= 4 is 30.1 Å². The van der Waals surface area contributed by atoms with Crippen molar-refractivity contribution < 1.29 is 23.4 Å². The SMILES string of the molecule is CC1(C)OB(c2ccc(N3CCN(C(=O)c4ccc([N+](=O)[O-])o4)CC3)cc2)OC1(C)C. The molecule has 31 heavy (non-hydrogen) atoms. The fourth-order valence-corrected chi connectivity index (χ4v) is 3.69. The topological polar surface area (TPSA) is 98.3 Å². The van der Waals surface area contributed by atoms with E-state index >= 15 is 0 Å². The number of piperazine rings is 1. The van der Waals surface area contributed by atoms with Crippen LogP contribution in [0.3, 0.4) is 0 Å². The minimum atomic E-state index is -0.651. The number of hydrogen-bond acceptors (Lipinski definition) is 7. The number of anilines is 1. The second-order valence-corrected chi connectivity index (χ2v) is 8.85. The van der Waals surface area contributed by atoms with Gasteiger partial charge in [-0.1, -0.05) is 12.1 Å². The molecule has 1 amide bonds. The number of rotatable bonds is 4. The molecule has 0 radical (unpaired) electrons. The van der Waals surface area contributed by atoms with E-state index in [4.69, 9.17) is 13.7 Å². The summed E-state index contributed by atoms with van der Waals surface area (Å²) in [6, 6.07) is 10.6. The highest BCUT2D eigenvalue weighted by Crippen LogP contribution is 2.36. The molecule has 3 heterocycles. The average molecular weight is 427 g/mol. The van der Waals surface area contributed by atoms with Gasteiger partial charge in [-0.05, 0) is 51.4 Å². The van der Waals surface area contributed by atoms with E-state index in [0.717, 1.165) is 11.2 Å². The minimum Gasteiger partial charge on any atom is -0.399 e. The van der Waals surface area contributed by atoms with Crippen LogP contribution in [0.2, 0.25) is 0 Å². The Labute approximate surface area is 181 Å². The summed E-state index contributed by atoms with van der Waals surface area (Å²) >= 11 is 0. The average Bonchev–Trinajstić information content (AvgIpc) is 3.31. The Bertz CT molecular complexity index is 963. The van der Waals surface area contributed by atoms with Crippen LogP contribution in [-0.2, 0) is 9.31 Å². The third-order valence-corrected chi connectivity index (χ3v) is 6.33. The van der Waals surface area contributed by atoms with Gasteiger partial charge in [0.15, 0.2) is 5.76 Å². The fraction of sp³-hybridized carbons (Fsp3) is 0.476. The summed E-state index contributed by atoms with van der Waals surface area (Å²) in [5, 5.41) is 10.7. The van der Waals surface area contributed by atoms with Crippen LogP contribution in [0, 0.1) is 10.1 Å². The highest BCUT2D eigenvalue weighted by Gasteiger charge is 2.51. The van der Waals surface area contributed by atoms with Crippen molar-refractivity contribution in [2.24, 2.45) is 0 Å². The first-order valence-electron chi connectivity index (χ1n) is 10.3. The van der Waals surface area contributed by atoms with E-state index in [-0.39, 0.29) is 22.9 Å². The van der Waals surface area contributed by atoms with Gasteiger partial charge in [0.25, 0.3) is 5.91 Å². The molecule has 1 aromatic heterocycles. The molecule has 0 N–H and O–H groups in total. The number of benzene rings is 1. The molecule has 2 fully saturated rings. The lowest BCUT2D eigenvalue weighted by molar-refractivity contribution is -0.402. The number of hydrogen-bond donors (Lipinski definition) is 0. The number of carbonyl (C=O) groups is 1. The number of carbonyl (C=O) groups excluding carboxylic acids is 1. The fourth-order valence-electron chi connectivity index (χ4n) is 3.69. The van der Waals surface area contributed by atoms with Crippen molar-refractivity contribution in [3.8, 4) is 0 Å². The van der Waals surface area contributed by atoms with Crippen LogP contribution in [0.1, 0.15) is 38.2 Å². The maximum Gasteiger partial charge on any atom is 0.494 e. The summed E-state index contributed by atoms with van der Waals surface area (Å²) in [4.78, 5) is 26.5. The first-order chi connectivity index (χ1) is 14.6. The molecule has 0 aliphatic carbocycles. The summed E-state index contributed by atoms with van der Waals surface area (Å²) in [5.41, 5.74) is 1.26. The van der Waals surface area contributed by atoms with E-state index in [1.165, 1.54) is 12.1 Å². The van der Waals surface area contributed by atoms with Crippen molar-refractivity contribution in [3.63, 3.8) is 0 Å². The first-order valence-corrected chi connectivity index (χ1v) is 10.3. The van der Waals surface area contributed by atoms with Crippen LogP contribution in [0.25, 0.3) is 0 Å². The van der Waals surface area contributed by atoms with Crippen molar-refractivity contribution in [2.45, 2.75) is 38.9 Å². The van der Waals surface area contributed by atoms with E-state index in [1.807, 2.05) is 52.0 Å². The summed E-state index contributed by atoms with van der Waals surface area (Å²) < 4.78 is 17.2. The molecule has 0 bridgehead atoms. The summed E-state index contributed by atoms with van der Waals surface area (Å²) in [7, 11) is -0.397. The zero-order valence-electron chi connectivity index (χ0n) is 18.2. The van der Waals surface area contributed by atoms with Crippen molar-refractivity contribution in [2.75, 3.05) is 31.1 Å². The number of furan rings is 1. The molecule has 2 aliphatic rings. The number of amides is 1. The molecule has 10 heteroatoms. The van der Waals surface area contributed by atoms with Crippen LogP contribution < -0.4 is 10.4 Å². The van der Waals surface area contributed by atoms with Crippen LogP contribution in [0.5, 0.6) is 0 Å². The molecule has 2 aromatic rings. The molecule has 0 unspecified atom stereocenters. The molecule has 1 aromatic carbocycles. The molecule has 9 nitrogen and oxygen atoms in total. The molecule has 4 rings (SSSR count). The Kier molecular flexibility index (Phi) is 5.30. The van der Waals surface area contributed by atoms with Crippen molar-refractivity contribution in [1.82, 2.24) is 4.90 Å². The van der Waals surface area contributed by atoms with Gasteiger partial charge in [0.2, 0.25) is 0 Å². The molecule has 0 atom stereocenters. The van der Waals surface area contributed by atoms with Crippen molar-refractivity contribution in [1.29, 1.82) is 0 Å². The van der Waals surface area contributed by atoms with E-state index in [1.54, 1.807) is 4.90 Å². The smallest absolute Gasteiger partial charge is 0.399 e. The number of nitrogens with zero attached hydrogens (tertiary/aromatic N) is 3. The maximum atomic E-state index is 12.5. The van der Waals surface area contributed by atoms with Gasteiger partial charge in [-0.15, -0.1) is 0 Å². The van der Waals surface area contributed by atoms with E-state index in [2.05, 4.69) is 4.90 Å². The van der Waals surface area contributed by atoms with Gasteiger partial charge in [-0.25, -0.2) is 0 Å². The lowest BCUT2D eigenvalue weighted by Crippen LogP contribution is -2.48. The summed E-state index contributed by atoms with van der Waals surface area (Å²) in [5.74, 6) is -0.764. The van der Waals surface area contributed by atoms with E-state index in [9.17, 15) is 14.9 Å². The van der Waals surface area contributed by atoms with E-state index in [0.29, 0.717) is 26.2 Å². The van der Waals surface area contributed by atoms with Crippen molar-refractivity contribution in [3.05, 3.63) is 52.3 Å². The summed E-state index contributed by atoms with van der Waals surface area (Å²) in [6.45, 7) is 10.5. The van der Waals surface area contributed by atoms with Gasteiger partial charge in [-0.3, -0.25) is 14.9 Å². The minimum absolute atomic E-state index is 0.00749. The van der Waals surface area contributed by atoms with Crippen LogP contribution in [-0.4, -0.2) is 60.2 Å². The molecular weight excluding hydrogens is 401 g/mol. The Morgan fingerprint density at radius 3 is 2.06 bits per heavy atom. The van der Waals surface area contributed by atoms with Gasteiger partial charge in [0.1, 0.15) is 4.92 Å². The zero-order chi connectivity index (χ0) is 22.4. The molecule has 2 saturated heterocycles. The predicted octanol–water partition coefficient (Wildman–Crippen LogP) is 2.45. The highest BCUT2D eigenvalue weighted by molar-refractivity contribution is 6.62. The van der Waals surface area contributed by atoms with Gasteiger partial charge < -0.3 is 23.5 Å². The molecular formula is C21H26BN3O6. The first kappa shape index (κ1) is 21.4. The van der Waals surface area contributed by atoms with Gasteiger partial charge >= 0.3 is 13.0 Å². The van der Waals surface area contributed by atoms with Crippen LogP contribution in [0.4, 0.5) is 11.6 Å². The molecule has 2 aliphatic heterocycles. The standard InChI is InChI=1S/C21H26BN3O6/c1-20(2)21(3,4)31-22(30-20)15-5-7-16(8-6-15)23-11-13-24(14-12-23)19(26)17-9-10-18(29-17)25(27)28/h5-10H,11-14H2,1-4H3. The Hall–Kier alpha value is -2.85. The molecule has 0 saturated carbocycles. The maximum absolute atomic E-state index is 12.5.